The summed E-state index contributed by atoms with van der Waals surface area (Å²) in [7, 11) is 0. The number of hydrogen-bond acceptors (Lipinski definition) is 5. The van der Waals surface area contributed by atoms with Crippen molar-refractivity contribution in [2.24, 2.45) is 17.3 Å². The highest BCUT2D eigenvalue weighted by Gasteiger charge is 2.54. The van der Waals surface area contributed by atoms with Crippen molar-refractivity contribution in [2.75, 3.05) is 0 Å². The predicted octanol–water partition coefficient (Wildman–Crippen LogP) is 2.10. The lowest BCUT2D eigenvalue weighted by Gasteiger charge is -2.51. The van der Waals surface area contributed by atoms with E-state index in [9.17, 15) is 14.7 Å². The first-order valence-electron chi connectivity index (χ1n) is 7.74. The number of esters is 2. The number of rotatable bonds is 1. The minimum absolute atomic E-state index is 0.101. The van der Waals surface area contributed by atoms with Gasteiger partial charge in [0.1, 0.15) is 11.9 Å². The van der Waals surface area contributed by atoms with E-state index in [1.165, 1.54) is 6.92 Å². The van der Waals surface area contributed by atoms with Gasteiger partial charge in [-0.2, -0.15) is 0 Å². The monoisotopic (exact) mass is 306 g/mol. The van der Waals surface area contributed by atoms with Crippen LogP contribution < -0.4 is 0 Å². The van der Waals surface area contributed by atoms with Crippen LogP contribution in [0.15, 0.2) is 23.0 Å². The van der Waals surface area contributed by atoms with Crippen molar-refractivity contribution in [3.05, 3.63) is 23.0 Å². The van der Waals surface area contributed by atoms with Crippen LogP contribution in [0.3, 0.4) is 0 Å². The third-order valence-electron chi connectivity index (χ3n) is 5.64. The summed E-state index contributed by atoms with van der Waals surface area (Å²) in [5.41, 5.74) is 1.10. The van der Waals surface area contributed by atoms with Crippen molar-refractivity contribution >= 4 is 11.9 Å². The van der Waals surface area contributed by atoms with E-state index in [1.807, 2.05) is 13.0 Å². The summed E-state index contributed by atoms with van der Waals surface area (Å²) in [6.45, 7) is 7.21. The molecule has 1 heterocycles. The van der Waals surface area contributed by atoms with Crippen LogP contribution in [0, 0.1) is 17.3 Å². The van der Waals surface area contributed by atoms with Crippen LogP contribution in [-0.4, -0.2) is 29.3 Å². The molecule has 2 aliphatic carbocycles. The summed E-state index contributed by atoms with van der Waals surface area (Å²) in [6.07, 6.45) is 2.04. The van der Waals surface area contributed by atoms with Gasteiger partial charge in [0, 0.05) is 29.9 Å². The molecule has 0 unspecified atom stereocenters. The third-order valence-corrected chi connectivity index (χ3v) is 5.64. The predicted molar refractivity (Wildman–Crippen MR) is 78.4 cm³/mol. The van der Waals surface area contributed by atoms with E-state index in [1.54, 1.807) is 6.92 Å². The summed E-state index contributed by atoms with van der Waals surface area (Å²) in [5, 5.41) is 10.6. The van der Waals surface area contributed by atoms with Crippen LogP contribution in [0.1, 0.15) is 40.5 Å². The molecule has 0 amide bonds. The molecular weight excluding hydrogens is 284 g/mol. The van der Waals surface area contributed by atoms with E-state index in [0.717, 1.165) is 5.57 Å². The van der Waals surface area contributed by atoms with Gasteiger partial charge in [0.15, 0.2) is 0 Å². The molecule has 0 spiro atoms. The van der Waals surface area contributed by atoms with E-state index >= 15 is 0 Å². The van der Waals surface area contributed by atoms with Crippen molar-refractivity contribution < 1.29 is 24.2 Å². The van der Waals surface area contributed by atoms with Crippen molar-refractivity contribution in [3.63, 3.8) is 0 Å². The molecule has 0 saturated heterocycles. The first-order valence-corrected chi connectivity index (χ1v) is 7.74. The highest BCUT2D eigenvalue weighted by Crippen LogP contribution is 2.54. The maximum Gasteiger partial charge on any atom is 0.339 e. The normalized spacial score (nSPS) is 40.6. The molecule has 0 aromatic carbocycles. The van der Waals surface area contributed by atoms with Crippen LogP contribution in [-0.2, 0) is 19.1 Å². The summed E-state index contributed by atoms with van der Waals surface area (Å²) >= 11 is 0. The molecule has 3 rings (SSSR count). The average molecular weight is 306 g/mol. The van der Waals surface area contributed by atoms with Gasteiger partial charge in [-0.3, -0.25) is 4.79 Å². The lowest BCUT2D eigenvalue weighted by atomic mass is 9.56. The molecule has 120 valence electrons. The maximum absolute atomic E-state index is 11.8. The molecule has 22 heavy (non-hydrogen) atoms. The zero-order chi connectivity index (χ0) is 16.2. The fourth-order valence-electron chi connectivity index (χ4n) is 4.16. The second-order valence-electron chi connectivity index (χ2n) is 6.94. The van der Waals surface area contributed by atoms with Gasteiger partial charge in [-0.15, -0.1) is 0 Å². The second-order valence-corrected chi connectivity index (χ2v) is 6.94. The highest BCUT2D eigenvalue weighted by molar-refractivity contribution is 5.94. The molecular formula is C17H22O5. The smallest absolute Gasteiger partial charge is 0.339 e. The Balaban J connectivity index is 1.99. The van der Waals surface area contributed by atoms with Crippen LogP contribution in [0.4, 0.5) is 0 Å². The standard InChI is InChI=1S/C17H22O5/c1-8-11-5-12-9(2)13(21-10(3)18)6-15(19)17(12,4)7-14(11)22-16(8)20/h7,9,12-13,15,19H,5-6H2,1-4H3/t9-,12-,13+,15-,17+/m0/s1. The Bertz CT molecular complexity index is 602. The number of aliphatic hydroxyl groups excluding tert-OH is 1. The molecule has 0 radical (unpaired) electrons. The topological polar surface area (TPSA) is 72.8 Å². The van der Waals surface area contributed by atoms with Crippen LogP contribution in [0.25, 0.3) is 0 Å². The summed E-state index contributed by atoms with van der Waals surface area (Å²) < 4.78 is 10.7. The van der Waals surface area contributed by atoms with Gasteiger partial charge in [0.2, 0.25) is 0 Å². The van der Waals surface area contributed by atoms with Gasteiger partial charge in [-0.05, 0) is 31.3 Å². The Morgan fingerprint density at radius 2 is 2.18 bits per heavy atom. The molecule has 1 fully saturated rings. The molecule has 5 heteroatoms. The lowest BCUT2D eigenvalue weighted by Crippen LogP contribution is -2.53. The Hall–Kier alpha value is -1.62. The average Bonchev–Trinajstić information content (AvgIpc) is 2.69. The molecule has 1 N–H and O–H groups in total. The largest absolute Gasteiger partial charge is 0.462 e. The third kappa shape index (κ3) is 2.10. The maximum atomic E-state index is 11.8. The van der Waals surface area contributed by atoms with Crippen molar-refractivity contribution in [1.82, 2.24) is 0 Å². The van der Waals surface area contributed by atoms with Crippen LogP contribution in [0.2, 0.25) is 0 Å². The molecule has 1 aliphatic heterocycles. The second kappa shape index (κ2) is 4.95. The number of fused-ring (bicyclic) bond motifs is 2. The van der Waals surface area contributed by atoms with Crippen LogP contribution in [0.5, 0.6) is 0 Å². The zero-order valence-corrected chi connectivity index (χ0v) is 13.4. The summed E-state index contributed by atoms with van der Waals surface area (Å²) in [4.78, 5) is 23.1. The van der Waals surface area contributed by atoms with E-state index < -0.39 is 11.5 Å². The molecule has 5 nitrogen and oxygen atoms in total. The number of carbonyl (C=O) groups excluding carboxylic acids is 2. The van der Waals surface area contributed by atoms with E-state index in [-0.39, 0.29) is 29.9 Å². The Morgan fingerprint density at radius 1 is 1.50 bits per heavy atom. The van der Waals surface area contributed by atoms with Gasteiger partial charge in [0.25, 0.3) is 0 Å². The van der Waals surface area contributed by atoms with Gasteiger partial charge in [0.05, 0.1) is 6.10 Å². The van der Waals surface area contributed by atoms with E-state index in [2.05, 4.69) is 6.92 Å². The van der Waals surface area contributed by atoms with E-state index in [0.29, 0.717) is 24.2 Å². The zero-order valence-electron chi connectivity index (χ0n) is 13.4. The van der Waals surface area contributed by atoms with Gasteiger partial charge in [-0.25, -0.2) is 4.79 Å². The molecule has 0 aromatic heterocycles. The van der Waals surface area contributed by atoms with Gasteiger partial charge < -0.3 is 14.6 Å². The Morgan fingerprint density at radius 3 is 2.82 bits per heavy atom. The first-order chi connectivity index (χ1) is 10.2. The van der Waals surface area contributed by atoms with Crippen molar-refractivity contribution in [3.8, 4) is 0 Å². The van der Waals surface area contributed by atoms with Gasteiger partial charge in [-0.1, -0.05) is 13.8 Å². The number of ether oxygens (including phenoxy) is 2. The number of hydrogen-bond donors (Lipinski definition) is 1. The highest BCUT2D eigenvalue weighted by atomic mass is 16.5. The first kappa shape index (κ1) is 15.3. The minimum Gasteiger partial charge on any atom is -0.462 e. The Kier molecular flexibility index (Phi) is 3.44. The van der Waals surface area contributed by atoms with E-state index in [4.69, 9.17) is 9.47 Å². The fourth-order valence-corrected chi connectivity index (χ4v) is 4.16. The molecule has 5 atom stereocenters. The van der Waals surface area contributed by atoms with Crippen molar-refractivity contribution in [2.45, 2.75) is 52.7 Å². The van der Waals surface area contributed by atoms with Crippen molar-refractivity contribution in [1.29, 1.82) is 0 Å². The van der Waals surface area contributed by atoms with Gasteiger partial charge >= 0.3 is 11.9 Å². The summed E-state index contributed by atoms with van der Waals surface area (Å²) in [6, 6.07) is 0. The number of carbonyl (C=O) groups is 2. The quantitative estimate of drug-likeness (QED) is 0.751. The molecule has 0 bridgehead atoms. The SMILES string of the molecule is CC(=O)O[C@@H]1C[C@H](O)[C@]2(C)C=C3OC(=O)C(C)=C3C[C@H]2[C@@H]1C. The summed E-state index contributed by atoms with van der Waals surface area (Å²) in [5.74, 6) is 0.171. The Labute approximate surface area is 130 Å². The minimum atomic E-state index is -0.633. The fraction of sp³-hybridized carbons (Fsp3) is 0.647. The lowest BCUT2D eigenvalue weighted by molar-refractivity contribution is -0.164. The number of aliphatic hydroxyl groups is 1. The molecule has 3 aliphatic rings. The molecule has 0 aromatic rings. The molecule has 1 saturated carbocycles. The van der Waals surface area contributed by atoms with Crippen LogP contribution >= 0.6 is 0 Å². The number of allylic oxidation sites excluding steroid dienone is 1.